The smallest absolute Gasteiger partial charge is 0.261 e. The Bertz CT molecular complexity index is 1670. The molecule has 0 aromatic heterocycles. The third-order valence-electron chi connectivity index (χ3n) is 8.55. The van der Waals surface area contributed by atoms with Gasteiger partial charge in [0.25, 0.3) is 23.6 Å². The van der Waals surface area contributed by atoms with E-state index in [0.717, 1.165) is 58.1 Å². The Balaban J connectivity index is 1.47. The second-order valence-electron chi connectivity index (χ2n) is 10.7. The summed E-state index contributed by atoms with van der Waals surface area (Å²) in [4.78, 5) is 56.8. The largest absolute Gasteiger partial charge is 0.315 e. The molecule has 0 saturated heterocycles. The molecule has 40 heavy (non-hydrogen) atoms. The van der Waals surface area contributed by atoms with Gasteiger partial charge in [0.1, 0.15) is 0 Å². The summed E-state index contributed by atoms with van der Waals surface area (Å²) in [6, 6.07) is 15.1. The number of carbonyl (C=O) groups excluding carboxylic acids is 4. The molecule has 0 aliphatic carbocycles. The van der Waals surface area contributed by atoms with Crippen LogP contribution >= 0.6 is 0 Å². The van der Waals surface area contributed by atoms with Gasteiger partial charge in [0.05, 0.1) is 0 Å². The molecule has 5 aromatic rings. The Labute approximate surface area is 231 Å². The normalized spacial score (nSPS) is 15.2. The lowest BCUT2D eigenvalue weighted by Crippen LogP contribution is -2.43. The monoisotopic (exact) mass is 531 g/mol. The van der Waals surface area contributed by atoms with E-state index in [2.05, 4.69) is 12.2 Å². The molecule has 5 aromatic carbocycles. The number of unbranched alkanes of at least 4 members (excludes halogenated alkanes) is 2. The van der Waals surface area contributed by atoms with Gasteiger partial charge in [-0.05, 0) is 69.5 Å². The van der Waals surface area contributed by atoms with E-state index in [1.165, 1.54) is 9.80 Å². The van der Waals surface area contributed by atoms with E-state index in [0.29, 0.717) is 52.7 Å². The van der Waals surface area contributed by atoms with Crippen molar-refractivity contribution in [2.75, 3.05) is 26.2 Å². The SMILES string of the molecule is CCCCCN1C(=O)c2ccc3c4ccc5c6c(ccc(c7ccc(c2c37)C1=O)c64)C(=O)N(CCNCC)C5=O. The highest BCUT2D eigenvalue weighted by molar-refractivity contribution is 6.41. The minimum Gasteiger partial charge on any atom is -0.315 e. The van der Waals surface area contributed by atoms with E-state index >= 15 is 0 Å². The molecule has 4 amide bonds. The molecule has 0 radical (unpaired) electrons. The topological polar surface area (TPSA) is 86.8 Å². The van der Waals surface area contributed by atoms with Crippen molar-refractivity contribution >= 4 is 66.7 Å². The Hall–Kier alpha value is -4.36. The summed E-state index contributed by atoms with van der Waals surface area (Å²) in [6.07, 6.45) is 2.75. The van der Waals surface area contributed by atoms with Gasteiger partial charge in [-0.15, -0.1) is 0 Å². The van der Waals surface area contributed by atoms with Gasteiger partial charge in [-0.2, -0.15) is 0 Å². The second-order valence-corrected chi connectivity index (χ2v) is 10.7. The van der Waals surface area contributed by atoms with E-state index in [1.807, 2.05) is 55.5 Å². The van der Waals surface area contributed by atoms with Gasteiger partial charge in [-0.1, -0.05) is 51.0 Å². The number of benzene rings is 5. The van der Waals surface area contributed by atoms with Crippen LogP contribution in [0.4, 0.5) is 0 Å². The molecule has 0 spiro atoms. The molecule has 2 aliphatic rings. The number of amides is 4. The minimum absolute atomic E-state index is 0.248. The Morgan fingerprint density at radius 2 is 0.925 bits per heavy atom. The summed E-state index contributed by atoms with van der Waals surface area (Å²) >= 11 is 0. The highest BCUT2D eigenvalue weighted by atomic mass is 16.2. The van der Waals surface area contributed by atoms with Crippen LogP contribution in [0, 0.1) is 0 Å². The molecule has 0 unspecified atom stereocenters. The van der Waals surface area contributed by atoms with Crippen LogP contribution in [0.15, 0.2) is 48.5 Å². The average molecular weight is 532 g/mol. The zero-order chi connectivity index (χ0) is 27.7. The maximum atomic E-state index is 13.5. The van der Waals surface area contributed by atoms with Gasteiger partial charge >= 0.3 is 0 Å². The van der Waals surface area contributed by atoms with E-state index in [1.54, 1.807) is 0 Å². The van der Waals surface area contributed by atoms with Crippen molar-refractivity contribution in [1.29, 1.82) is 0 Å². The highest BCUT2D eigenvalue weighted by Gasteiger charge is 2.36. The van der Waals surface area contributed by atoms with Crippen molar-refractivity contribution in [3.63, 3.8) is 0 Å². The first-order valence-electron chi connectivity index (χ1n) is 14.1. The fraction of sp³-hybridized carbons (Fsp3) is 0.273. The Morgan fingerprint density at radius 3 is 1.30 bits per heavy atom. The van der Waals surface area contributed by atoms with Gasteiger partial charge in [0.15, 0.2) is 0 Å². The van der Waals surface area contributed by atoms with Crippen molar-refractivity contribution in [3.8, 4) is 0 Å². The molecule has 7 heteroatoms. The van der Waals surface area contributed by atoms with Crippen molar-refractivity contribution in [3.05, 3.63) is 70.8 Å². The molecule has 7 rings (SSSR count). The third-order valence-corrected chi connectivity index (χ3v) is 8.55. The third kappa shape index (κ3) is 3.21. The summed E-state index contributed by atoms with van der Waals surface area (Å²) in [5.74, 6) is -1.06. The molecule has 0 atom stereocenters. The minimum atomic E-state index is -0.283. The van der Waals surface area contributed by atoms with Crippen LogP contribution in [0.1, 0.15) is 74.5 Å². The van der Waals surface area contributed by atoms with E-state index in [9.17, 15) is 19.2 Å². The van der Waals surface area contributed by atoms with Gasteiger partial charge in [0.2, 0.25) is 0 Å². The number of fused-ring (bicyclic) bond motifs is 2. The summed E-state index contributed by atoms with van der Waals surface area (Å²) in [7, 11) is 0. The second kappa shape index (κ2) is 9.10. The summed E-state index contributed by atoms with van der Waals surface area (Å²) in [5, 5.41) is 9.91. The van der Waals surface area contributed by atoms with Crippen LogP contribution in [0.3, 0.4) is 0 Å². The zero-order valence-electron chi connectivity index (χ0n) is 22.6. The fourth-order valence-electron chi connectivity index (χ4n) is 6.66. The average Bonchev–Trinajstić information content (AvgIpc) is 2.97. The number of hydrogen-bond donors (Lipinski definition) is 1. The molecule has 0 fully saturated rings. The molecule has 2 heterocycles. The number of imide groups is 2. The fourth-order valence-corrected chi connectivity index (χ4v) is 6.66. The molecule has 2 aliphatic heterocycles. The zero-order valence-corrected chi connectivity index (χ0v) is 22.6. The first-order valence-corrected chi connectivity index (χ1v) is 14.1. The molecular weight excluding hydrogens is 502 g/mol. The van der Waals surface area contributed by atoms with Crippen molar-refractivity contribution in [1.82, 2.24) is 15.1 Å². The molecule has 0 bridgehead atoms. The van der Waals surface area contributed by atoms with Gasteiger partial charge in [0, 0.05) is 52.7 Å². The standard InChI is InChI=1S/C33H29N3O4/c1-3-5-6-16-35-30(37)22-11-7-18-20-9-13-24-29-25(33(40)36(32(24)39)17-15-34-4-2)14-10-21(27(20)29)19-8-12-23(31(35)38)28(22)26(18)19/h7-14,34H,3-6,15-17H2,1-2H3. The molecular formula is C33H29N3O4. The van der Waals surface area contributed by atoms with E-state index in [-0.39, 0.29) is 23.6 Å². The molecule has 7 nitrogen and oxygen atoms in total. The maximum Gasteiger partial charge on any atom is 0.261 e. The van der Waals surface area contributed by atoms with Gasteiger partial charge in [-0.25, -0.2) is 0 Å². The molecule has 0 saturated carbocycles. The van der Waals surface area contributed by atoms with Crippen LogP contribution in [0.25, 0.3) is 43.1 Å². The van der Waals surface area contributed by atoms with Crippen molar-refractivity contribution in [2.45, 2.75) is 33.1 Å². The summed E-state index contributed by atoms with van der Waals surface area (Å²) < 4.78 is 0. The summed E-state index contributed by atoms with van der Waals surface area (Å²) in [5.41, 5.74) is 2.13. The lowest BCUT2D eigenvalue weighted by molar-refractivity contribution is 0.0594. The molecule has 1 N–H and O–H groups in total. The van der Waals surface area contributed by atoms with Crippen molar-refractivity contribution in [2.24, 2.45) is 0 Å². The summed E-state index contributed by atoms with van der Waals surface area (Å²) in [6.45, 7) is 6.10. The van der Waals surface area contributed by atoms with E-state index in [4.69, 9.17) is 0 Å². The van der Waals surface area contributed by atoms with Crippen LogP contribution in [0.2, 0.25) is 0 Å². The number of nitrogens with one attached hydrogen (secondary N) is 1. The Kier molecular flexibility index (Phi) is 5.61. The number of likely N-dealkylation sites (N-methyl/N-ethyl adjacent to an activating group) is 1. The Morgan fingerprint density at radius 1 is 0.525 bits per heavy atom. The number of nitrogens with zero attached hydrogens (tertiary/aromatic N) is 2. The quantitative estimate of drug-likeness (QED) is 0.120. The van der Waals surface area contributed by atoms with Gasteiger partial charge in [-0.3, -0.25) is 29.0 Å². The predicted molar refractivity (Wildman–Crippen MR) is 156 cm³/mol. The van der Waals surface area contributed by atoms with Crippen LogP contribution in [-0.2, 0) is 0 Å². The number of hydrogen-bond acceptors (Lipinski definition) is 5. The maximum absolute atomic E-state index is 13.5. The van der Waals surface area contributed by atoms with Crippen LogP contribution in [-0.4, -0.2) is 59.6 Å². The van der Waals surface area contributed by atoms with E-state index < -0.39 is 0 Å². The molecule has 200 valence electrons. The number of carbonyl (C=O) groups is 4. The van der Waals surface area contributed by atoms with Crippen LogP contribution in [0.5, 0.6) is 0 Å². The van der Waals surface area contributed by atoms with Crippen LogP contribution < -0.4 is 5.32 Å². The number of rotatable bonds is 8. The lowest BCUT2D eigenvalue weighted by atomic mass is 9.82. The predicted octanol–water partition coefficient (Wildman–Crippen LogP) is 5.73. The lowest BCUT2D eigenvalue weighted by Gasteiger charge is -2.30. The van der Waals surface area contributed by atoms with Gasteiger partial charge < -0.3 is 5.32 Å². The first-order chi connectivity index (χ1) is 19.5. The van der Waals surface area contributed by atoms with Crippen molar-refractivity contribution < 1.29 is 19.2 Å². The first kappa shape index (κ1) is 24.7. The highest BCUT2D eigenvalue weighted by Crippen LogP contribution is 2.46.